The van der Waals surface area contributed by atoms with Gasteiger partial charge < -0.3 is 15.1 Å². The van der Waals surface area contributed by atoms with Crippen LogP contribution in [0.25, 0.3) is 0 Å². The summed E-state index contributed by atoms with van der Waals surface area (Å²) >= 11 is 0. The Morgan fingerprint density at radius 1 is 1.19 bits per heavy atom. The molecule has 138 valence electrons. The molecule has 9 nitrogen and oxygen atoms in total. The zero-order chi connectivity index (χ0) is 18.3. The lowest BCUT2D eigenvalue weighted by atomic mass is 9.96. The fourth-order valence-corrected chi connectivity index (χ4v) is 3.64. The van der Waals surface area contributed by atoms with Crippen LogP contribution in [0.1, 0.15) is 19.8 Å². The summed E-state index contributed by atoms with van der Waals surface area (Å²) in [7, 11) is 0. The molecular formula is C17H22N6O3. The second-order valence-electron chi connectivity index (χ2n) is 7.21. The molecule has 4 amide bonds. The highest BCUT2D eigenvalue weighted by Crippen LogP contribution is 2.42. The number of anilines is 1. The zero-order valence-electron chi connectivity index (χ0n) is 14.7. The molecule has 1 atom stereocenters. The molecule has 0 bridgehead atoms. The minimum atomic E-state index is -0.847. The van der Waals surface area contributed by atoms with Crippen molar-refractivity contribution < 1.29 is 14.4 Å². The molecule has 1 saturated carbocycles. The molecular weight excluding hydrogens is 336 g/mol. The Morgan fingerprint density at radius 3 is 2.46 bits per heavy atom. The van der Waals surface area contributed by atoms with Crippen LogP contribution >= 0.6 is 0 Å². The normalized spacial score (nSPS) is 26.3. The third-order valence-electron chi connectivity index (χ3n) is 5.46. The number of piperazine rings is 1. The molecule has 1 unspecified atom stereocenters. The summed E-state index contributed by atoms with van der Waals surface area (Å²) in [5.74, 6) is 0.346. The van der Waals surface area contributed by atoms with Crippen molar-refractivity contribution in [1.82, 2.24) is 25.1 Å². The first-order valence-electron chi connectivity index (χ1n) is 8.93. The second kappa shape index (κ2) is 6.22. The molecule has 0 radical (unpaired) electrons. The summed E-state index contributed by atoms with van der Waals surface area (Å²) in [4.78, 5) is 50.6. The number of hydrogen-bond donors (Lipinski definition) is 1. The molecule has 1 aliphatic carbocycles. The number of hydrogen-bond acceptors (Lipinski definition) is 6. The van der Waals surface area contributed by atoms with Gasteiger partial charge in [0.15, 0.2) is 0 Å². The van der Waals surface area contributed by atoms with E-state index in [1.807, 2.05) is 4.90 Å². The Morgan fingerprint density at radius 2 is 1.85 bits per heavy atom. The third-order valence-corrected chi connectivity index (χ3v) is 5.46. The van der Waals surface area contributed by atoms with Crippen molar-refractivity contribution in [2.45, 2.75) is 25.3 Å². The van der Waals surface area contributed by atoms with Crippen LogP contribution in [0, 0.1) is 5.92 Å². The van der Waals surface area contributed by atoms with Gasteiger partial charge in [-0.1, -0.05) is 0 Å². The summed E-state index contributed by atoms with van der Waals surface area (Å²) in [6, 6.07) is 1.30. The molecule has 0 spiro atoms. The monoisotopic (exact) mass is 358 g/mol. The van der Waals surface area contributed by atoms with Crippen LogP contribution in [0.2, 0.25) is 0 Å². The maximum atomic E-state index is 12.6. The summed E-state index contributed by atoms with van der Waals surface area (Å²) in [6.07, 6.45) is 5.25. The van der Waals surface area contributed by atoms with Gasteiger partial charge in [0, 0.05) is 38.6 Å². The topological polar surface area (TPSA) is 98.7 Å². The SMILES string of the molecule is CC1(C2CC2)NC(=O)N(CC(=O)N2CCN(c3ncccn3)CC2)C1=O. The van der Waals surface area contributed by atoms with Gasteiger partial charge in [0.1, 0.15) is 12.1 Å². The lowest BCUT2D eigenvalue weighted by Crippen LogP contribution is -2.52. The van der Waals surface area contributed by atoms with Gasteiger partial charge in [0.25, 0.3) is 5.91 Å². The minimum Gasteiger partial charge on any atom is -0.338 e. The summed E-state index contributed by atoms with van der Waals surface area (Å²) in [6.45, 7) is 3.83. The molecule has 3 fully saturated rings. The number of aromatic nitrogens is 2. The fourth-order valence-electron chi connectivity index (χ4n) is 3.64. The van der Waals surface area contributed by atoms with E-state index in [9.17, 15) is 14.4 Å². The first kappa shape index (κ1) is 16.7. The van der Waals surface area contributed by atoms with Gasteiger partial charge in [-0.05, 0) is 31.7 Å². The highest BCUT2D eigenvalue weighted by molar-refractivity contribution is 6.09. The molecule has 3 aliphatic rings. The molecule has 26 heavy (non-hydrogen) atoms. The van der Waals surface area contributed by atoms with E-state index in [2.05, 4.69) is 15.3 Å². The molecule has 2 saturated heterocycles. The standard InChI is InChI=1S/C17H22N6O3/c1-17(12-3-4-12)14(25)23(16(26)20-17)11-13(24)21-7-9-22(10-8-21)15-18-5-2-6-19-15/h2,5-6,12H,3-4,7-11H2,1H3,(H,20,26). The molecule has 1 aromatic heterocycles. The number of amides is 4. The second-order valence-corrected chi connectivity index (χ2v) is 7.21. The lowest BCUT2D eigenvalue weighted by Gasteiger charge is -2.35. The maximum absolute atomic E-state index is 12.6. The molecule has 3 heterocycles. The molecule has 0 aromatic carbocycles. The number of nitrogens with one attached hydrogen (secondary N) is 1. The predicted molar refractivity (Wildman–Crippen MR) is 92.2 cm³/mol. The van der Waals surface area contributed by atoms with E-state index in [1.165, 1.54) is 0 Å². The third kappa shape index (κ3) is 2.87. The Kier molecular flexibility index (Phi) is 4.01. The Labute approximate surface area is 151 Å². The average molecular weight is 358 g/mol. The first-order valence-corrected chi connectivity index (χ1v) is 8.93. The van der Waals surface area contributed by atoms with Crippen LogP contribution < -0.4 is 10.2 Å². The van der Waals surface area contributed by atoms with Crippen LogP contribution in [-0.4, -0.2) is 75.9 Å². The number of rotatable bonds is 4. The van der Waals surface area contributed by atoms with Gasteiger partial charge in [0.2, 0.25) is 11.9 Å². The van der Waals surface area contributed by atoms with Crippen molar-refractivity contribution in [2.75, 3.05) is 37.6 Å². The van der Waals surface area contributed by atoms with Gasteiger partial charge in [0.05, 0.1) is 0 Å². The number of nitrogens with zero attached hydrogens (tertiary/aromatic N) is 5. The van der Waals surface area contributed by atoms with E-state index in [0.29, 0.717) is 32.1 Å². The van der Waals surface area contributed by atoms with Crippen molar-refractivity contribution in [2.24, 2.45) is 5.92 Å². The van der Waals surface area contributed by atoms with E-state index < -0.39 is 11.6 Å². The quantitative estimate of drug-likeness (QED) is 0.752. The van der Waals surface area contributed by atoms with Crippen LogP contribution in [0.5, 0.6) is 0 Å². The van der Waals surface area contributed by atoms with Gasteiger partial charge in [-0.2, -0.15) is 0 Å². The molecule has 1 aromatic rings. The van der Waals surface area contributed by atoms with Crippen LogP contribution in [0.3, 0.4) is 0 Å². The highest BCUT2D eigenvalue weighted by Gasteiger charge is 2.56. The van der Waals surface area contributed by atoms with Crippen LogP contribution in [-0.2, 0) is 9.59 Å². The van der Waals surface area contributed by atoms with Gasteiger partial charge in [-0.25, -0.2) is 14.8 Å². The fraction of sp³-hybridized carbons (Fsp3) is 0.588. The Bertz CT molecular complexity index is 729. The number of carbonyl (C=O) groups excluding carboxylic acids is 3. The molecule has 2 aliphatic heterocycles. The van der Waals surface area contributed by atoms with Gasteiger partial charge >= 0.3 is 6.03 Å². The molecule has 4 rings (SSSR count). The van der Waals surface area contributed by atoms with Crippen LogP contribution in [0.4, 0.5) is 10.7 Å². The van der Waals surface area contributed by atoms with E-state index in [1.54, 1.807) is 30.3 Å². The van der Waals surface area contributed by atoms with Crippen LogP contribution in [0.15, 0.2) is 18.5 Å². The highest BCUT2D eigenvalue weighted by atomic mass is 16.2. The zero-order valence-corrected chi connectivity index (χ0v) is 14.7. The molecule has 1 N–H and O–H groups in total. The van der Waals surface area contributed by atoms with Gasteiger partial charge in [-0.15, -0.1) is 0 Å². The van der Waals surface area contributed by atoms with Crippen molar-refractivity contribution in [3.05, 3.63) is 18.5 Å². The van der Waals surface area contributed by atoms with Gasteiger partial charge in [-0.3, -0.25) is 14.5 Å². The number of carbonyl (C=O) groups is 3. The summed E-state index contributed by atoms with van der Waals surface area (Å²) in [5, 5.41) is 2.77. The Hall–Kier alpha value is -2.71. The lowest BCUT2D eigenvalue weighted by molar-refractivity contribution is -0.139. The number of imide groups is 1. The van der Waals surface area contributed by atoms with E-state index >= 15 is 0 Å². The van der Waals surface area contributed by atoms with E-state index in [4.69, 9.17) is 0 Å². The van der Waals surface area contributed by atoms with E-state index in [0.717, 1.165) is 17.7 Å². The Balaban J connectivity index is 1.34. The summed E-state index contributed by atoms with van der Waals surface area (Å²) < 4.78 is 0. The molecule has 9 heteroatoms. The average Bonchev–Trinajstić information content (AvgIpc) is 3.49. The van der Waals surface area contributed by atoms with Crippen molar-refractivity contribution in [3.63, 3.8) is 0 Å². The smallest absolute Gasteiger partial charge is 0.325 e. The van der Waals surface area contributed by atoms with Crippen molar-refractivity contribution in [3.8, 4) is 0 Å². The first-order chi connectivity index (χ1) is 12.5. The number of urea groups is 1. The van der Waals surface area contributed by atoms with Crippen molar-refractivity contribution in [1.29, 1.82) is 0 Å². The van der Waals surface area contributed by atoms with Crippen molar-refractivity contribution >= 4 is 23.8 Å². The maximum Gasteiger partial charge on any atom is 0.325 e. The predicted octanol–water partition coefficient (Wildman–Crippen LogP) is -0.154. The largest absolute Gasteiger partial charge is 0.338 e. The summed E-state index contributed by atoms with van der Waals surface area (Å²) in [5.41, 5.74) is -0.847. The van der Waals surface area contributed by atoms with E-state index in [-0.39, 0.29) is 24.3 Å². The minimum absolute atomic E-state index is 0.188.